The molecule has 0 unspecified atom stereocenters. The molecule has 0 radical (unpaired) electrons. The molecule has 1 aromatic heterocycles. The summed E-state index contributed by atoms with van der Waals surface area (Å²) in [6.07, 6.45) is -0.715. The first-order valence-corrected chi connectivity index (χ1v) is 12.8. The van der Waals surface area contributed by atoms with Crippen molar-refractivity contribution in [3.05, 3.63) is 83.1 Å². The first-order chi connectivity index (χ1) is 19.3. The van der Waals surface area contributed by atoms with Crippen LogP contribution in [0.5, 0.6) is 5.75 Å². The van der Waals surface area contributed by atoms with E-state index in [1.807, 2.05) is 24.3 Å². The lowest BCUT2D eigenvalue weighted by molar-refractivity contribution is -0.142. The summed E-state index contributed by atoms with van der Waals surface area (Å²) in [6, 6.07) is 18.0. The Balaban J connectivity index is 1.81. The van der Waals surface area contributed by atoms with Gasteiger partial charge in [0.2, 0.25) is 5.76 Å². The minimum absolute atomic E-state index is 0.00280. The largest absolute Gasteiger partial charge is 0.488 e. The van der Waals surface area contributed by atoms with E-state index in [-0.39, 0.29) is 48.8 Å². The molecule has 10 nitrogen and oxygen atoms in total. The van der Waals surface area contributed by atoms with E-state index in [1.165, 1.54) is 0 Å². The van der Waals surface area contributed by atoms with Gasteiger partial charge in [0.25, 0.3) is 0 Å². The van der Waals surface area contributed by atoms with E-state index in [1.54, 1.807) is 50.2 Å². The number of nitrogens with one attached hydrogen (secondary N) is 1. The van der Waals surface area contributed by atoms with Gasteiger partial charge in [-0.1, -0.05) is 36.4 Å². The summed E-state index contributed by atoms with van der Waals surface area (Å²) in [5, 5.41) is 13.1. The number of esters is 1. The number of carboxylic acid groups (broad SMARTS) is 1. The smallest absolute Gasteiger partial charge is 0.411 e. The summed E-state index contributed by atoms with van der Waals surface area (Å²) in [5.74, 6) is -1.64. The van der Waals surface area contributed by atoms with Crippen LogP contribution in [0.3, 0.4) is 0 Å². The number of amides is 1. The molecular weight excluding hydrogens is 516 g/mol. The van der Waals surface area contributed by atoms with Crippen LogP contribution in [0.2, 0.25) is 0 Å². The fraction of sp³-hybridized carbons (Fsp3) is 0.233. The van der Waals surface area contributed by atoms with E-state index in [4.69, 9.17) is 24.4 Å². The van der Waals surface area contributed by atoms with Crippen molar-refractivity contribution in [2.75, 3.05) is 18.5 Å². The van der Waals surface area contributed by atoms with Gasteiger partial charge in [-0.05, 0) is 54.8 Å². The zero-order valence-electron chi connectivity index (χ0n) is 22.2. The Hall–Kier alpha value is -4.83. The van der Waals surface area contributed by atoms with E-state index >= 15 is 0 Å². The van der Waals surface area contributed by atoms with Gasteiger partial charge in [0.1, 0.15) is 12.4 Å². The summed E-state index contributed by atoms with van der Waals surface area (Å²) in [5.41, 5.74) is 9.48. The third-order valence-electron chi connectivity index (χ3n) is 6.08. The molecule has 40 heavy (non-hydrogen) atoms. The Kier molecular flexibility index (Phi) is 9.03. The number of para-hydroxylation sites is 1. The van der Waals surface area contributed by atoms with Crippen LogP contribution >= 0.6 is 0 Å². The topological polar surface area (TPSA) is 150 Å². The monoisotopic (exact) mass is 546 g/mol. The Morgan fingerprint density at radius 1 is 0.950 bits per heavy atom. The van der Waals surface area contributed by atoms with Gasteiger partial charge in [0.15, 0.2) is 5.58 Å². The minimum Gasteiger partial charge on any atom is -0.488 e. The number of fused-ring (bicyclic) bond motifs is 1. The van der Waals surface area contributed by atoms with E-state index in [9.17, 15) is 19.5 Å². The summed E-state index contributed by atoms with van der Waals surface area (Å²) >= 11 is 0. The van der Waals surface area contributed by atoms with Crippen molar-refractivity contribution in [1.82, 2.24) is 0 Å². The van der Waals surface area contributed by atoms with Gasteiger partial charge in [-0.2, -0.15) is 0 Å². The van der Waals surface area contributed by atoms with E-state index in [2.05, 4.69) is 5.32 Å². The number of rotatable bonds is 11. The Bertz CT molecular complexity index is 1540. The normalized spacial score (nSPS) is 10.8. The molecule has 0 atom stereocenters. The molecule has 0 spiro atoms. The lowest BCUT2D eigenvalue weighted by Gasteiger charge is -2.12. The van der Waals surface area contributed by atoms with Crippen molar-refractivity contribution in [2.24, 2.45) is 5.73 Å². The number of hydrogen-bond donors (Lipinski definition) is 3. The lowest BCUT2D eigenvalue weighted by atomic mass is 9.99. The quantitative estimate of drug-likeness (QED) is 0.207. The number of carboxylic acids is 1. The molecule has 1 heterocycles. The maximum Gasteiger partial charge on any atom is 0.411 e. The molecule has 1 amide bonds. The van der Waals surface area contributed by atoms with E-state index in [0.29, 0.717) is 28.8 Å². The predicted molar refractivity (Wildman–Crippen MR) is 148 cm³/mol. The minimum atomic E-state index is -1.30. The summed E-state index contributed by atoms with van der Waals surface area (Å²) in [6.45, 7) is 3.96. The molecule has 0 saturated heterocycles. The summed E-state index contributed by atoms with van der Waals surface area (Å²) in [7, 11) is 0. The number of carbonyl (C=O) groups excluding carboxylic acids is 2. The fourth-order valence-corrected chi connectivity index (χ4v) is 4.29. The van der Waals surface area contributed by atoms with Gasteiger partial charge >= 0.3 is 18.0 Å². The standard InChI is InChI=1S/C30H30N2O8/c1-3-37-26(33)15-20-9-5-6-11-25(20)39-17-23-22-13-21(19-10-7-8-18(12-19)16-31)14-24(32-30(36)38-4-2)27(22)40-28(23)29(34)35/h5-14H,3-4,15-17,31H2,1-2H3,(H,32,36)(H,34,35). The molecule has 0 aliphatic heterocycles. The highest BCUT2D eigenvalue weighted by Gasteiger charge is 2.25. The highest BCUT2D eigenvalue weighted by molar-refractivity contribution is 6.04. The second kappa shape index (κ2) is 12.8. The van der Waals surface area contributed by atoms with Crippen LogP contribution in [0.1, 0.15) is 41.1 Å². The zero-order valence-corrected chi connectivity index (χ0v) is 22.2. The van der Waals surface area contributed by atoms with Crippen LogP contribution in [-0.2, 0) is 33.8 Å². The van der Waals surface area contributed by atoms with Crippen molar-refractivity contribution >= 4 is 34.7 Å². The van der Waals surface area contributed by atoms with Gasteiger partial charge in [0.05, 0.1) is 30.9 Å². The van der Waals surface area contributed by atoms with Crippen LogP contribution in [0.15, 0.2) is 65.1 Å². The van der Waals surface area contributed by atoms with Gasteiger partial charge in [-0.3, -0.25) is 10.1 Å². The molecule has 0 aliphatic carbocycles. The average Bonchev–Trinajstić information content (AvgIpc) is 3.32. The maximum atomic E-state index is 12.3. The van der Waals surface area contributed by atoms with Crippen LogP contribution in [0, 0.1) is 0 Å². The van der Waals surface area contributed by atoms with Crippen molar-refractivity contribution in [3.63, 3.8) is 0 Å². The van der Waals surface area contributed by atoms with Crippen molar-refractivity contribution in [1.29, 1.82) is 0 Å². The summed E-state index contributed by atoms with van der Waals surface area (Å²) in [4.78, 5) is 36.7. The van der Waals surface area contributed by atoms with Gasteiger partial charge < -0.3 is 29.5 Å². The summed E-state index contributed by atoms with van der Waals surface area (Å²) < 4.78 is 21.9. The van der Waals surface area contributed by atoms with Gasteiger partial charge in [-0.25, -0.2) is 9.59 Å². The number of carbonyl (C=O) groups is 3. The average molecular weight is 547 g/mol. The Labute approximate surface area is 230 Å². The SMILES string of the molecule is CCOC(=O)Cc1ccccc1OCc1c(C(=O)O)oc2c(NC(=O)OCC)cc(-c3cccc(CN)c3)cc12. The molecule has 4 aromatic rings. The number of furan rings is 1. The third kappa shape index (κ3) is 6.41. The van der Waals surface area contributed by atoms with E-state index < -0.39 is 18.0 Å². The second-order valence-electron chi connectivity index (χ2n) is 8.74. The third-order valence-corrected chi connectivity index (χ3v) is 6.08. The number of nitrogens with two attached hydrogens (primary N) is 1. The number of ether oxygens (including phenoxy) is 3. The molecule has 0 saturated carbocycles. The van der Waals surface area contributed by atoms with Gasteiger partial charge in [-0.15, -0.1) is 0 Å². The Morgan fingerprint density at radius 2 is 1.73 bits per heavy atom. The molecule has 208 valence electrons. The maximum absolute atomic E-state index is 12.3. The van der Waals surface area contributed by atoms with Crippen LogP contribution in [0.25, 0.3) is 22.1 Å². The molecule has 4 rings (SSSR count). The number of hydrogen-bond acceptors (Lipinski definition) is 8. The molecule has 10 heteroatoms. The molecule has 0 fully saturated rings. The number of benzene rings is 3. The Morgan fingerprint density at radius 3 is 2.45 bits per heavy atom. The molecular formula is C30H30N2O8. The highest BCUT2D eigenvalue weighted by atomic mass is 16.5. The lowest BCUT2D eigenvalue weighted by Crippen LogP contribution is -2.13. The van der Waals surface area contributed by atoms with Crippen molar-refractivity contribution in [3.8, 4) is 16.9 Å². The molecule has 0 bridgehead atoms. The number of anilines is 1. The first-order valence-electron chi connectivity index (χ1n) is 12.8. The first kappa shape index (κ1) is 28.2. The predicted octanol–water partition coefficient (Wildman–Crippen LogP) is 5.51. The van der Waals surface area contributed by atoms with Crippen LogP contribution in [0.4, 0.5) is 10.5 Å². The molecule has 3 aromatic carbocycles. The van der Waals surface area contributed by atoms with Gasteiger partial charge in [0, 0.05) is 17.5 Å². The van der Waals surface area contributed by atoms with Crippen LogP contribution < -0.4 is 15.8 Å². The van der Waals surface area contributed by atoms with E-state index in [0.717, 1.165) is 11.1 Å². The fourth-order valence-electron chi connectivity index (χ4n) is 4.29. The second-order valence-corrected chi connectivity index (χ2v) is 8.74. The van der Waals surface area contributed by atoms with Crippen molar-refractivity contribution < 1.29 is 38.1 Å². The zero-order chi connectivity index (χ0) is 28.6. The van der Waals surface area contributed by atoms with Crippen LogP contribution in [-0.4, -0.2) is 36.4 Å². The molecule has 0 aliphatic rings. The highest BCUT2D eigenvalue weighted by Crippen LogP contribution is 2.37. The molecule has 4 N–H and O–H groups in total. The number of aromatic carboxylic acids is 1. The van der Waals surface area contributed by atoms with Crippen molar-refractivity contribution in [2.45, 2.75) is 33.4 Å².